The van der Waals surface area contributed by atoms with Gasteiger partial charge in [-0.3, -0.25) is 4.79 Å². The lowest BCUT2D eigenvalue weighted by Crippen LogP contribution is -2.06. The Hall–Kier alpha value is -0.570. The maximum Gasteiger partial charge on any atom is 0.305 e. The molecule has 0 aliphatic heterocycles. The van der Waals surface area contributed by atoms with Gasteiger partial charge in [-0.25, -0.2) is 0 Å². The maximum atomic E-state index is 11.2. The molecule has 0 heterocycles. The minimum atomic E-state index is -0.0574. The Bertz CT molecular complexity index is 266. The van der Waals surface area contributed by atoms with Gasteiger partial charge in [0, 0.05) is 13.0 Å². The number of esters is 1. The van der Waals surface area contributed by atoms with E-state index in [0.29, 0.717) is 25.6 Å². The van der Waals surface area contributed by atoms with Crippen molar-refractivity contribution in [1.29, 1.82) is 0 Å². The molecule has 0 spiro atoms. The molecule has 24 heavy (non-hydrogen) atoms. The fourth-order valence-corrected chi connectivity index (χ4v) is 3.18. The summed E-state index contributed by atoms with van der Waals surface area (Å²) >= 11 is 0. The van der Waals surface area contributed by atoms with Crippen LogP contribution in [0, 0.1) is 5.92 Å². The first-order chi connectivity index (χ1) is 11.7. The molecule has 0 bridgehead atoms. The minimum absolute atomic E-state index is 0.0574. The van der Waals surface area contributed by atoms with Crippen molar-refractivity contribution in [1.82, 2.24) is 0 Å². The summed E-state index contributed by atoms with van der Waals surface area (Å²) < 4.78 is 4.92. The van der Waals surface area contributed by atoms with Gasteiger partial charge in [-0.15, -0.1) is 0 Å². The number of rotatable bonds is 18. The van der Waals surface area contributed by atoms with E-state index in [1.165, 1.54) is 77.0 Å². The summed E-state index contributed by atoms with van der Waals surface area (Å²) in [6, 6.07) is 0. The summed E-state index contributed by atoms with van der Waals surface area (Å²) in [5, 5.41) is 9.49. The Kier molecular flexibility index (Phi) is 18.3. The van der Waals surface area contributed by atoms with Crippen molar-refractivity contribution in [3.05, 3.63) is 0 Å². The Labute approximate surface area is 150 Å². The van der Waals surface area contributed by atoms with Crippen LogP contribution in [0.25, 0.3) is 0 Å². The monoisotopic (exact) mass is 342 g/mol. The first-order valence-electron chi connectivity index (χ1n) is 10.5. The van der Waals surface area contributed by atoms with Gasteiger partial charge in [0.1, 0.15) is 0 Å². The van der Waals surface area contributed by atoms with E-state index in [4.69, 9.17) is 4.74 Å². The van der Waals surface area contributed by atoms with Crippen LogP contribution in [-0.2, 0) is 9.53 Å². The summed E-state index contributed by atoms with van der Waals surface area (Å²) in [5.41, 5.74) is 0. The molecule has 0 aliphatic rings. The van der Waals surface area contributed by atoms with Gasteiger partial charge in [-0.05, 0) is 32.1 Å². The van der Waals surface area contributed by atoms with E-state index in [9.17, 15) is 9.90 Å². The number of unbranched alkanes of at least 4 members (excludes halogenated alkanes) is 10. The fourth-order valence-electron chi connectivity index (χ4n) is 3.18. The second-order valence-electron chi connectivity index (χ2n) is 7.07. The molecule has 0 aliphatic carbocycles. The molecule has 0 fully saturated rings. The molecule has 1 atom stereocenters. The standard InChI is InChI=1S/C21H42O3/c1-3-5-6-7-10-13-16-20(19-22)17-14-11-8-9-12-15-18-21(23)24-4-2/h20,22H,3-19H2,1-2H3. The van der Waals surface area contributed by atoms with E-state index >= 15 is 0 Å². The van der Waals surface area contributed by atoms with Gasteiger partial charge in [0.15, 0.2) is 0 Å². The lowest BCUT2D eigenvalue weighted by molar-refractivity contribution is -0.143. The molecular weight excluding hydrogens is 300 g/mol. The summed E-state index contributed by atoms with van der Waals surface area (Å²) in [6.07, 6.45) is 18.0. The van der Waals surface area contributed by atoms with Crippen LogP contribution in [0.3, 0.4) is 0 Å². The van der Waals surface area contributed by atoms with Crippen LogP contribution in [0.4, 0.5) is 0 Å². The minimum Gasteiger partial charge on any atom is -0.466 e. The molecule has 1 N–H and O–H groups in total. The molecular formula is C21H42O3. The molecule has 0 rings (SSSR count). The van der Waals surface area contributed by atoms with Gasteiger partial charge < -0.3 is 9.84 Å². The molecule has 0 saturated heterocycles. The predicted octanol–water partition coefficient (Wildman–Crippen LogP) is 6.03. The highest BCUT2D eigenvalue weighted by molar-refractivity contribution is 5.69. The molecule has 3 heteroatoms. The number of carbonyl (C=O) groups is 1. The van der Waals surface area contributed by atoms with E-state index in [1.54, 1.807) is 0 Å². The van der Waals surface area contributed by atoms with Crippen molar-refractivity contribution in [3.8, 4) is 0 Å². The van der Waals surface area contributed by atoms with Gasteiger partial charge in [0.05, 0.1) is 6.61 Å². The van der Waals surface area contributed by atoms with Crippen LogP contribution in [0.1, 0.15) is 110 Å². The summed E-state index contributed by atoms with van der Waals surface area (Å²) in [7, 11) is 0. The second-order valence-corrected chi connectivity index (χ2v) is 7.07. The van der Waals surface area contributed by atoms with Crippen molar-refractivity contribution < 1.29 is 14.6 Å². The number of aliphatic hydroxyl groups excluding tert-OH is 1. The molecule has 1 unspecified atom stereocenters. The summed E-state index contributed by atoms with van der Waals surface area (Å²) in [6.45, 7) is 4.95. The third-order valence-electron chi connectivity index (χ3n) is 4.77. The van der Waals surface area contributed by atoms with Crippen LogP contribution in [0.2, 0.25) is 0 Å². The van der Waals surface area contributed by atoms with E-state index in [-0.39, 0.29) is 5.97 Å². The van der Waals surface area contributed by atoms with E-state index in [0.717, 1.165) is 12.8 Å². The van der Waals surface area contributed by atoms with Gasteiger partial charge in [-0.1, -0.05) is 77.6 Å². The molecule has 0 amide bonds. The molecule has 0 radical (unpaired) electrons. The largest absolute Gasteiger partial charge is 0.466 e. The first-order valence-corrected chi connectivity index (χ1v) is 10.5. The molecule has 0 aromatic heterocycles. The summed E-state index contributed by atoms with van der Waals surface area (Å²) in [5.74, 6) is 0.456. The third-order valence-corrected chi connectivity index (χ3v) is 4.77. The topological polar surface area (TPSA) is 46.5 Å². The van der Waals surface area contributed by atoms with E-state index < -0.39 is 0 Å². The van der Waals surface area contributed by atoms with Gasteiger partial charge in [0.25, 0.3) is 0 Å². The van der Waals surface area contributed by atoms with E-state index in [1.807, 2.05) is 6.92 Å². The normalized spacial score (nSPS) is 12.3. The zero-order valence-electron chi connectivity index (χ0n) is 16.4. The second kappa shape index (κ2) is 18.8. The molecule has 0 aromatic carbocycles. The van der Waals surface area contributed by atoms with Crippen LogP contribution < -0.4 is 0 Å². The smallest absolute Gasteiger partial charge is 0.305 e. The molecule has 0 saturated carbocycles. The highest BCUT2D eigenvalue weighted by atomic mass is 16.5. The zero-order chi connectivity index (χ0) is 17.9. The van der Waals surface area contributed by atoms with Gasteiger partial charge >= 0.3 is 5.97 Å². The van der Waals surface area contributed by atoms with Crippen molar-refractivity contribution in [2.75, 3.05) is 13.2 Å². The Morgan fingerprint density at radius 3 is 1.79 bits per heavy atom. The number of hydrogen-bond donors (Lipinski definition) is 1. The van der Waals surface area contributed by atoms with Crippen LogP contribution in [-0.4, -0.2) is 24.3 Å². The first kappa shape index (κ1) is 23.4. The number of hydrogen-bond acceptors (Lipinski definition) is 3. The van der Waals surface area contributed by atoms with Gasteiger partial charge in [0.2, 0.25) is 0 Å². The van der Waals surface area contributed by atoms with Gasteiger partial charge in [-0.2, -0.15) is 0 Å². The van der Waals surface area contributed by atoms with Crippen LogP contribution in [0.5, 0.6) is 0 Å². The van der Waals surface area contributed by atoms with Crippen molar-refractivity contribution in [2.24, 2.45) is 5.92 Å². The summed E-state index contributed by atoms with van der Waals surface area (Å²) in [4.78, 5) is 11.2. The molecule has 3 nitrogen and oxygen atoms in total. The highest BCUT2D eigenvalue weighted by Crippen LogP contribution is 2.18. The number of ether oxygens (including phenoxy) is 1. The lowest BCUT2D eigenvalue weighted by Gasteiger charge is -2.13. The SMILES string of the molecule is CCCCCCCCC(CO)CCCCCCCCC(=O)OCC. The van der Waals surface area contributed by atoms with E-state index in [2.05, 4.69) is 6.92 Å². The predicted molar refractivity (Wildman–Crippen MR) is 102 cm³/mol. The van der Waals surface area contributed by atoms with Crippen molar-refractivity contribution in [2.45, 2.75) is 110 Å². The zero-order valence-corrected chi connectivity index (χ0v) is 16.4. The number of aliphatic hydroxyl groups is 1. The average Bonchev–Trinajstić information content (AvgIpc) is 2.58. The van der Waals surface area contributed by atoms with Crippen molar-refractivity contribution in [3.63, 3.8) is 0 Å². The highest BCUT2D eigenvalue weighted by Gasteiger charge is 2.07. The van der Waals surface area contributed by atoms with Crippen LogP contribution in [0.15, 0.2) is 0 Å². The number of carbonyl (C=O) groups excluding carboxylic acids is 1. The van der Waals surface area contributed by atoms with Crippen molar-refractivity contribution >= 4 is 5.97 Å². The van der Waals surface area contributed by atoms with Crippen LogP contribution >= 0.6 is 0 Å². The lowest BCUT2D eigenvalue weighted by atomic mass is 9.95. The Balaban J connectivity index is 3.35. The average molecular weight is 343 g/mol. The fraction of sp³-hybridized carbons (Fsp3) is 0.952. The quantitative estimate of drug-likeness (QED) is 0.244. The Morgan fingerprint density at radius 2 is 1.29 bits per heavy atom. The third kappa shape index (κ3) is 16.3. The Morgan fingerprint density at radius 1 is 0.792 bits per heavy atom. The maximum absolute atomic E-state index is 11.2. The molecule has 0 aromatic rings. The molecule has 144 valence electrons.